The van der Waals surface area contributed by atoms with Gasteiger partial charge in [0.2, 0.25) is 0 Å². The van der Waals surface area contributed by atoms with E-state index in [-0.39, 0.29) is 6.54 Å². The Labute approximate surface area is 161 Å². The summed E-state index contributed by atoms with van der Waals surface area (Å²) in [5.74, 6) is -2.64. The van der Waals surface area contributed by atoms with Crippen molar-refractivity contribution in [2.75, 3.05) is 32.7 Å². The first kappa shape index (κ1) is 19.8. The first-order chi connectivity index (χ1) is 13.4. The molecule has 0 amide bonds. The fraction of sp³-hybridized carbons (Fsp3) is 0.421. The molecule has 28 heavy (non-hydrogen) atoms. The molecular weight excluding hydrogens is 367 g/mol. The molecule has 2 aromatic rings. The van der Waals surface area contributed by atoms with Gasteiger partial charge in [-0.1, -0.05) is 0 Å². The van der Waals surface area contributed by atoms with Gasteiger partial charge in [0.15, 0.2) is 0 Å². The molecule has 9 heteroatoms. The zero-order valence-corrected chi connectivity index (χ0v) is 15.2. The van der Waals surface area contributed by atoms with Crippen LogP contribution in [0, 0.1) is 17.1 Å². The van der Waals surface area contributed by atoms with E-state index in [0.29, 0.717) is 55.6 Å². The summed E-state index contributed by atoms with van der Waals surface area (Å²) in [6.45, 7) is 2.58. The Morgan fingerprint density at radius 3 is 2.54 bits per heavy atom. The van der Waals surface area contributed by atoms with Crippen LogP contribution in [0.4, 0.5) is 4.39 Å². The number of carboxylic acid groups (broad SMARTS) is 2. The Morgan fingerprint density at radius 1 is 1.21 bits per heavy atom. The Bertz CT molecular complexity index is 928. The molecule has 0 aliphatic carbocycles. The summed E-state index contributed by atoms with van der Waals surface area (Å²) in [7, 11) is 0. The van der Waals surface area contributed by atoms with Gasteiger partial charge >= 0.3 is 11.9 Å². The molecular formula is C19H21FN4O4. The maximum absolute atomic E-state index is 13.7. The van der Waals surface area contributed by atoms with E-state index < -0.39 is 23.8 Å². The predicted octanol–water partition coefficient (Wildman–Crippen LogP) is 1.52. The van der Waals surface area contributed by atoms with Crippen LogP contribution in [0.5, 0.6) is 0 Å². The maximum Gasteiger partial charge on any atom is 0.325 e. The molecule has 1 aromatic carbocycles. The van der Waals surface area contributed by atoms with Gasteiger partial charge in [0.25, 0.3) is 0 Å². The summed E-state index contributed by atoms with van der Waals surface area (Å²) < 4.78 is 15.1. The number of piperazine rings is 1. The molecule has 0 saturated carbocycles. The van der Waals surface area contributed by atoms with E-state index in [1.165, 1.54) is 29.0 Å². The minimum absolute atomic E-state index is 0.358. The van der Waals surface area contributed by atoms with E-state index in [0.717, 1.165) is 0 Å². The molecule has 2 N–H and O–H groups in total. The van der Waals surface area contributed by atoms with Gasteiger partial charge in [-0.05, 0) is 18.2 Å². The van der Waals surface area contributed by atoms with Gasteiger partial charge in [-0.3, -0.25) is 19.4 Å². The standard InChI is InChI=1S/C19H21FN4O4/c20-13-2-3-14-15(11-24(12-17(25)26)16(14)10-13)18(19(27)28)23-8-6-22(7-9-23)5-1-4-21/h2-3,10-11,18H,1,5-9,12H2,(H,25,26)(H,27,28)/t18-/m0/s1. The number of halogens is 1. The van der Waals surface area contributed by atoms with Gasteiger partial charge in [-0.25, -0.2) is 4.39 Å². The zero-order chi connectivity index (χ0) is 20.3. The lowest BCUT2D eigenvalue weighted by atomic mass is 10.0. The van der Waals surface area contributed by atoms with Crippen LogP contribution in [0.1, 0.15) is 18.0 Å². The third-order valence-corrected chi connectivity index (χ3v) is 5.02. The van der Waals surface area contributed by atoms with Crippen molar-refractivity contribution < 1.29 is 24.2 Å². The molecule has 1 fully saturated rings. The fourth-order valence-electron chi connectivity index (χ4n) is 3.73. The van der Waals surface area contributed by atoms with Gasteiger partial charge in [-0.2, -0.15) is 5.26 Å². The number of fused-ring (bicyclic) bond motifs is 1. The molecule has 1 atom stereocenters. The van der Waals surface area contributed by atoms with Gasteiger partial charge in [-0.15, -0.1) is 0 Å². The van der Waals surface area contributed by atoms with Crippen molar-refractivity contribution in [1.29, 1.82) is 5.26 Å². The number of carbonyl (C=O) groups is 2. The van der Waals surface area contributed by atoms with Crippen LogP contribution in [0.2, 0.25) is 0 Å². The number of carboxylic acids is 2. The number of aliphatic carboxylic acids is 2. The van der Waals surface area contributed by atoms with Gasteiger partial charge in [0.05, 0.1) is 11.6 Å². The predicted molar refractivity (Wildman–Crippen MR) is 98.2 cm³/mol. The Kier molecular flexibility index (Phi) is 5.92. The molecule has 1 aliphatic rings. The number of nitrogens with zero attached hydrogens (tertiary/aromatic N) is 4. The van der Waals surface area contributed by atoms with Crippen molar-refractivity contribution in [1.82, 2.24) is 14.4 Å². The number of benzene rings is 1. The topological polar surface area (TPSA) is 110 Å². The Hall–Kier alpha value is -2.96. The van der Waals surface area contributed by atoms with Crippen molar-refractivity contribution >= 4 is 22.8 Å². The third-order valence-electron chi connectivity index (χ3n) is 5.02. The van der Waals surface area contributed by atoms with Crippen LogP contribution in [0.15, 0.2) is 24.4 Å². The lowest BCUT2D eigenvalue weighted by Crippen LogP contribution is -2.49. The molecule has 1 aliphatic heterocycles. The van der Waals surface area contributed by atoms with Gasteiger partial charge in [0.1, 0.15) is 18.4 Å². The lowest BCUT2D eigenvalue weighted by Gasteiger charge is -2.37. The van der Waals surface area contributed by atoms with Crippen molar-refractivity contribution in [2.45, 2.75) is 19.0 Å². The average molecular weight is 388 g/mol. The lowest BCUT2D eigenvalue weighted by molar-refractivity contribution is -0.144. The minimum atomic E-state index is -1.09. The van der Waals surface area contributed by atoms with Crippen molar-refractivity contribution in [2.24, 2.45) is 0 Å². The summed E-state index contributed by atoms with van der Waals surface area (Å²) in [5, 5.41) is 28.3. The molecule has 2 heterocycles. The molecule has 148 valence electrons. The monoisotopic (exact) mass is 388 g/mol. The van der Waals surface area contributed by atoms with E-state index in [4.69, 9.17) is 10.4 Å². The van der Waals surface area contributed by atoms with Gasteiger partial charge < -0.3 is 14.8 Å². The van der Waals surface area contributed by atoms with Crippen LogP contribution in [0.25, 0.3) is 10.9 Å². The summed E-state index contributed by atoms with van der Waals surface area (Å²) >= 11 is 0. The number of rotatable bonds is 7. The average Bonchev–Trinajstić information content (AvgIpc) is 2.97. The van der Waals surface area contributed by atoms with E-state index in [1.54, 1.807) is 0 Å². The van der Waals surface area contributed by atoms with Crippen molar-refractivity contribution in [3.8, 4) is 6.07 Å². The summed E-state index contributed by atoms with van der Waals surface area (Å²) in [6.07, 6.45) is 1.93. The molecule has 3 rings (SSSR count). The third kappa shape index (κ3) is 4.13. The highest BCUT2D eigenvalue weighted by Gasteiger charge is 2.32. The first-order valence-corrected chi connectivity index (χ1v) is 8.97. The molecule has 0 radical (unpaired) electrons. The SMILES string of the molecule is N#CCCN1CCN([C@H](C(=O)O)c2cn(CC(=O)O)c3cc(F)ccc23)CC1. The fourth-order valence-corrected chi connectivity index (χ4v) is 3.73. The maximum atomic E-state index is 13.7. The van der Waals surface area contributed by atoms with Gasteiger partial charge in [0, 0.05) is 56.3 Å². The number of hydrogen-bond donors (Lipinski definition) is 2. The van der Waals surface area contributed by atoms with Crippen LogP contribution < -0.4 is 0 Å². The van der Waals surface area contributed by atoms with Crippen LogP contribution in [0.3, 0.4) is 0 Å². The highest BCUT2D eigenvalue weighted by atomic mass is 19.1. The van der Waals surface area contributed by atoms with Crippen LogP contribution in [-0.4, -0.2) is 69.2 Å². The van der Waals surface area contributed by atoms with E-state index in [2.05, 4.69) is 11.0 Å². The smallest absolute Gasteiger partial charge is 0.325 e. The Balaban J connectivity index is 1.93. The molecule has 0 unspecified atom stereocenters. The molecule has 1 saturated heterocycles. The highest BCUT2D eigenvalue weighted by Crippen LogP contribution is 2.32. The van der Waals surface area contributed by atoms with Crippen molar-refractivity contribution in [3.63, 3.8) is 0 Å². The van der Waals surface area contributed by atoms with Crippen LogP contribution >= 0.6 is 0 Å². The second-order valence-corrected chi connectivity index (χ2v) is 6.79. The number of hydrogen-bond acceptors (Lipinski definition) is 5. The van der Waals surface area contributed by atoms with E-state index >= 15 is 0 Å². The quantitative estimate of drug-likeness (QED) is 0.740. The zero-order valence-electron chi connectivity index (χ0n) is 15.2. The molecule has 8 nitrogen and oxygen atoms in total. The second-order valence-electron chi connectivity index (χ2n) is 6.79. The largest absolute Gasteiger partial charge is 0.480 e. The van der Waals surface area contributed by atoms with Crippen molar-refractivity contribution in [3.05, 3.63) is 35.8 Å². The molecule has 0 bridgehead atoms. The van der Waals surface area contributed by atoms with E-state index in [9.17, 15) is 19.1 Å². The normalized spacial score (nSPS) is 16.7. The highest BCUT2D eigenvalue weighted by molar-refractivity contribution is 5.90. The first-order valence-electron chi connectivity index (χ1n) is 8.97. The second kappa shape index (κ2) is 8.37. The summed E-state index contributed by atoms with van der Waals surface area (Å²) in [6, 6.07) is 5.11. The van der Waals surface area contributed by atoms with Crippen LogP contribution in [-0.2, 0) is 16.1 Å². The Morgan fingerprint density at radius 2 is 1.93 bits per heavy atom. The minimum Gasteiger partial charge on any atom is -0.480 e. The van der Waals surface area contributed by atoms with E-state index in [1.807, 2.05) is 4.90 Å². The summed E-state index contributed by atoms with van der Waals surface area (Å²) in [5.41, 5.74) is 0.811. The summed E-state index contributed by atoms with van der Waals surface area (Å²) in [4.78, 5) is 27.2. The number of aromatic nitrogens is 1. The molecule has 0 spiro atoms. The number of nitriles is 1. The molecule has 1 aromatic heterocycles.